The summed E-state index contributed by atoms with van der Waals surface area (Å²) in [5.41, 5.74) is 5.66. The average molecular weight is 263 g/mol. The molecule has 0 aromatic carbocycles. The van der Waals surface area contributed by atoms with Crippen molar-refractivity contribution in [1.82, 2.24) is 5.32 Å². The van der Waals surface area contributed by atoms with Gasteiger partial charge in [-0.15, -0.1) is 12.4 Å². The summed E-state index contributed by atoms with van der Waals surface area (Å²) in [7, 11) is 1.26. The van der Waals surface area contributed by atoms with Gasteiger partial charge in [-0.1, -0.05) is 0 Å². The summed E-state index contributed by atoms with van der Waals surface area (Å²) < 4.78 is 9.48. The van der Waals surface area contributed by atoms with Crippen LogP contribution in [-0.4, -0.2) is 25.0 Å². The van der Waals surface area contributed by atoms with Crippen molar-refractivity contribution in [3.8, 4) is 0 Å². The number of esters is 1. The van der Waals surface area contributed by atoms with Crippen molar-refractivity contribution < 1.29 is 18.7 Å². The average Bonchev–Trinajstić information content (AvgIpc) is 2.76. The zero-order valence-electron chi connectivity index (χ0n) is 9.56. The van der Waals surface area contributed by atoms with Crippen molar-refractivity contribution in [3.05, 3.63) is 23.7 Å². The number of carbonyl (C=O) groups is 2. The van der Waals surface area contributed by atoms with Gasteiger partial charge in [-0.25, -0.2) is 4.79 Å². The molecule has 1 amide bonds. The number of rotatable bonds is 4. The van der Waals surface area contributed by atoms with E-state index in [0.29, 0.717) is 11.3 Å². The highest BCUT2D eigenvalue weighted by Gasteiger charge is 2.17. The van der Waals surface area contributed by atoms with E-state index >= 15 is 0 Å². The van der Waals surface area contributed by atoms with E-state index in [9.17, 15) is 9.59 Å². The van der Waals surface area contributed by atoms with Gasteiger partial charge in [0.25, 0.3) is 5.91 Å². The van der Waals surface area contributed by atoms with Gasteiger partial charge in [0.2, 0.25) is 0 Å². The minimum absolute atomic E-state index is 0. The molecule has 17 heavy (non-hydrogen) atoms. The fourth-order valence-corrected chi connectivity index (χ4v) is 1.12. The lowest BCUT2D eigenvalue weighted by Crippen LogP contribution is -2.38. The second-order valence-electron chi connectivity index (χ2n) is 3.22. The van der Waals surface area contributed by atoms with Gasteiger partial charge in [-0.05, 0) is 13.0 Å². The van der Waals surface area contributed by atoms with E-state index in [1.165, 1.54) is 26.4 Å². The number of carbonyl (C=O) groups excluding carboxylic acids is 2. The Morgan fingerprint density at radius 1 is 1.59 bits per heavy atom. The van der Waals surface area contributed by atoms with E-state index in [1.54, 1.807) is 0 Å². The van der Waals surface area contributed by atoms with Gasteiger partial charge in [0, 0.05) is 0 Å². The Morgan fingerprint density at radius 3 is 2.71 bits per heavy atom. The van der Waals surface area contributed by atoms with Crippen LogP contribution < -0.4 is 11.1 Å². The maximum atomic E-state index is 11.6. The Labute approximate surface area is 105 Å². The molecule has 1 aromatic rings. The molecule has 0 saturated heterocycles. The van der Waals surface area contributed by atoms with Crippen molar-refractivity contribution >= 4 is 24.3 Å². The summed E-state index contributed by atoms with van der Waals surface area (Å²) in [6, 6.07) is 0.827. The number of halogens is 1. The third-order valence-corrected chi connectivity index (χ3v) is 2.02. The summed E-state index contributed by atoms with van der Waals surface area (Å²) >= 11 is 0. The van der Waals surface area contributed by atoms with Crippen LogP contribution in [0.25, 0.3) is 0 Å². The predicted octanol–water partition coefficient (Wildman–Crippen LogP) is 0.451. The van der Waals surface area contributed by atoms with E-state index < -0.39 is 17.9 Å². The Balaban J connectivity index is 0.00000256. The van der Waals surface area contributed by atoms with Gasteiger partial charge in [0.05, 0.1) is 19.2 Å². The van der Waals surface area contributed by atoms with Crippen molar-refractivity contribution in [3.63, 3.8) is 0 Å². The Morgan fingerprint density at radius 2 is 2.24 bits per heavy atom. The van der Waals surface area contributed by atoms with Crippen LogP contribution in [0.15, 0.2) is 16.7 Å². The first kappa shape index (κ1) is 15.5. The van der Waals surface area contributed by atoms with Gasteiger partial charge < -0.3 is 20.2 Å². The lowest BCUT2D eigenvalue weighted by Gasteiger charge is -2.09. The van der Waals surface area contributed by atoms with E-state index in [0.717, 1.165) is 0 Å². The first-order valence-corrected chi connectivity index (χ1v) is 4.74. The highest BCUT2D eigenvalue weighted by molar-refractivity contribution is 5.96. The minimum atomic E-state index is -0.700. The van der Waals surface area contributed by atoms with Crippen LogP contribution in [0.4, 0.5) is 0 Å². The van der Waals surface area contributed by atoms with E-state index in [-0.39, 0.29) is 19.0 Å². The molecule has 0 aliphatic heterocycles. The molecule has 0 fully saturated rings. The number of hydrogen-bond acceptors (Lipinski definition) is 5. The number of nitrogens with two attached hydrogens (primary N) is 1. The first-order chi connectivity index (χ1) is 7.58. The van der Waals surface area contributed by atoms with Gasteiger partial charge in [-0.3, -0.25) is 4.79 Å². The monoisotopic (exact) mass is 262 g/mol. The molecule has 96 valence electrons. The lowest BCUT2D eigenvalue weighted by molar-refractivity contribution is -0.142. The lowest BCUT2D eigenvalue weighted by atomic mass is 10.2. The molecule has 0 saturated carbocycles. The van der Waals surface area contributed by atoms with E-state index in [1.807, 2.05) is 0 Å². The predicted molar refractivity (Wildman–Crippen MR) is 62.8 cm³/mol. The normalized spacial score (nSPS) is 11.2. The Kier molecular flexibility index (Phi) is 6.30. The maximum absolute atomic E-state index is 11.6. The van der Waals surface area contributed by atoms with Crippen LogP contribution in [0.2, 0.25) is 0 Å². The molecule has 0 radical (unpaired) electrons. The molecule has 1 heterocycles. The molecule has 6 nitrogen and oxygen atoms in total. The van der Waals surface area contributed by atoms with Gasteiger partial charge in [0.1, 0.15) is 18.1 Å². The number of amides is 1. The van der Waals surface area contributed by atoms with Crippen molar-refractivity contribution in [2.45, 2.75) is 19.5 Å². The topological polar surface area (TPSA) is 94.6 Å². The van der Waals surface area contributed by atoms with Crippen LogP contribution in [0.1, 0.15) is 23.0 Å². The molecule has 0 unspecified atom stereocenters. The molecule has 3 N–H and O–H groups in total. The third kappa shape index (κ3) is 4.08. The smallest absolute Gasteiger partial charge is 0.328 e. The molecule has 0 aliphatic carbocycles. The first-order valence-electron chi connectivity index (χ1n) is 4.74. The number of ether oxygens (including phenoxy) is 1. The third-order valence-electron chi connectivity index (χ3n) is 2.02. The van der Waals surface area contributed by atoms with Gasteiger partial charge in [-0.2, -0.15) is 0 Å². The Hall–Kier alpha value is -1.53. The molecule has 0 aliphatic rings. The van der Waals surface area contributed by atoms with Gasteiger partial charge in [0.15, 0.2) is 0 Å². The largest absolute Gasteiger partial charge is 0.467 e. The second kappa shape index (κ2) is 6.93. The van der Waals surface area contributed by atoms with E-state index in [2.05, 4.69) is 10.1 Å². The molecule has 1 aromatic heterocycles. The van der Waals surface area contributed by atoms with Gasteiger partial charge >= 0.3 is 5.97 Å². The molecular weight excluding hydrogens is 248 g/mol. The summed E-state index contributed by atoms with van der Waals surface area (Å²) in [4.78, 5) is 22.6. The summed E-state index contributed by atoms with van der Waals surface area (Å²) in [5.74, 6) is -0.395. The number of nitrogens with one attached hydrogen (secondary N) is 1. The van der Waals surface area contributed by atoms with Crippen LogP contribution in [-0.2, 0) is 16.1 Å². The molecule has 0 spiro atoms. The van der Waals surface area contributed by atoms with Crippen LogP contribution in [0.5, 0.6) is 0 Å². The van der Waals surface area contributed by atoms with E-state index in [4.69, 9.17) is 10.2 Å². The second-order valence-corrected chi connectivity index (χ2v) is 3.22. The molecule has 0 bridgehead atoms. The molecule has 1 atom stereocenters. The number of hydrogen-bond donors (Lipinski definition) is 2. The fourth-order valence-electron chi connectivity index (χ4n) is 1.12. The molecule has 1 rings (SSSR count). The van der Waals surface area contributed by atoms with Crippen molar-refractivity contribution in [1.29, 1.82) is 0 Å². The number of methoxy groups -OCH3 is 1. The summed E-state index contributed by atoms with van der Waals surface area (Å²) in [6.45, 7) is 1.76. The Bertz CT molecular complexity index is 391. The zero-order valence-corrected chi connectivity index (χ0v) is 10.4. The quantitative estimate of drug-likeness (QED) is 0.769. The van der Waals surface area contributed by atoms with Crippen LogP contribution in [0, 0.1) is 0 Å². The maximum Gasteiger partial charge on any atom is 0.328 e. The summed E-state index contributed by atoms with van der Waals surface area (Å²) in [6.07, 6.45) is 1.29. The van der Waals surface area contributed by atoms with Crippen LogP contribution in [0.3, 0.4) is 0 Å². The highest BCUT2D eigenvalue weighted by Crippen LogP contribution is 2.07. The zero-order chi connectivity index (χ0) is 12.1. The highest BCUT2D eigenvalue weighted by atomic mass is 35.5. The van der Waals surface area contributed by atoms with Crippen molar-refractivity contribution in [2.24, 2.45) is 5.73 Å². The molecule has 7 heteroatoms. The number of furan rings is 1. The SMILES string of the molecule is COC(=O)[C@@H](C)NC(=O)c1coc(CN)c1.Cl. The van der Waals surface area contributed by atoms with Crippen molar-refractivity contribution in [2.75, 3.05) is 7.11 Å². The fraction of sp³-hybridized carbons (Fsp3) is 0.400. The van der Waals surface area contributed by atoms with Crippen LogP contribution >= 0.6 is 12.4 Å². The molecular formula is C10H15ClN2O4. The standard InChI is InChI=1S/C10H14N2O4.ClH/c1-6(10(14)15-2)12-9(13)7-3-8(4-11)16-5-7;/h3,5-6H,4,11H2,1-2H3,(H,12,13);1H/t6-;/m1./s1. The summed E-state index contributed by atoms with van der Waals surface area (Å²) in [5, 5.41) is 2.47. The minimum Gasteiger partial charge on any atom is -0.467 e.